The molecular weight excluding hydrogens is 244 g/mol. The van der Waals surface area contributed by atoms with Crippen LogP contribution in [-0.4, -0.2) is 30.7 Å². The third-order valence-electron chi connectivity index (χ3n) is 1.82. The number of primary sulfonamides is 1. The second-order valence-electron chi connectivity index (χ2n) is 3.18. The summed E-state index contributed by atoms with van der Waals surface area (Å²) in [5.41, 5.74) is 0.0721. The van der Waals surface area contributed by atoms with Crippen molar-refractivity contribution in [3.8, 4) is 12.1 Å². The number of aromatic amines is 1. The first kappa shape index (κ1) is 13.0. The van der Waals surface area contributed by atoms with E-state index >= 15 is 0 Å². The van der Waals surface area contributed by atoms with E-state index in [1.54, 1.807) is 12.1 Å². The molecule has 0 aliphatic carbocycles. The lowest BCUT2D eigenvalue weighted by molar-refractivity contribution is 0.595. The largest absolute Gasteiger partial charge is 0.356 e. The summed E-state index contributed by atoms with van der Waals surface area (Å²) in [6.07, 6.45) is 0.309. The summed E-state index contributed by atoms with van der Waals surface area (Å²) in [7, 11) is -3.47. The summed E-state index contributed by atoms with van der Waals surface area (Å²) >= 11 is 0. The number of anilines is 1. The SMILES string of the molecule is N#Cc1nc(NCCCS(N)(=O)=O)[nH]c1C#N. The van der Waals surface area contributed by atoms with Gasteiger partial charge in [-0.2, -0.15) is 10.5 Å². The van der Waals surface area contributed by atoms with E-state index in [0.29, 0.717) is 13.0 Å². The summed E-state index contributed by atoms with van der Waals surface area (Å²) in [6, 6.07) is 3.55. The van der Waals surface area contributed by atoms with Crippen LogP contribution in [0.25, 0.3) is 0 Å². The molecule has 8 nitrogen and oxygen atoms in total. The van der Waals surface area contributed by atoms with E-state index in [1.807, 2.05) is 0 Å². The molecule has 0 saturated carbocycles. The quantitative estimate of drug-likeness (QED) is 0.588. The molecule has 1 heterocycles. The summed E-state index contributed by atoms with van der Waals surface area (Å²) in [5, 5.41) is 24.9. The normalized spacial score (nSPS) is 10.5. The molecule has 17 heavy (non-hydrogen) atoms. The minimum atomic E-state index is -3.47. The number of hydrogen-bond acceptors (Lipinski definition) is 6. The van der Waals surface area contributed by atoms with Gasteiger partial charge in [-0.15, -0.1) is 0 Å². The number of aromatic nitrogens is 2. The number of rotatable bonds is 5. The minimum Gasteiger partial charge on any atom is -0.356 e. The molecular formula is C8H10N6O2S. The van der Waals surface area contributed by atoms with Crippen LogP contribution in [0.5, 0.6) is 0 Å². The van der Waals surface area contributed by atoms with Crippen molar-refractivity contribution in [3.05, 3.63) is 11.4 Å². The lowest BCUT2D eigenvalue weighted by Gasteiger charge is -2.00. The fourth-order valence-corrected chi connectivity index (χ4v) is 1.65. The number of nitrogens with one attached hydrogen (secondary N) is 2. The van der Waals surface area contributed by atoms with Crippen LogP contribution in [0.2, 0.25) is 0 Å². The Balaban J connectivity index is 2.52. The van der Waals surface area contributed by atoms with Crippen LogP contribution < -0.4 is 10.5 Å². The Bertz CT molecular complexity index is 545. The van der Waals surface area contributed by atoms with Crippen molar-refractivity contribution in [1.82, 2.24) is 9.97 Å². The lowest BCUT2D eigenvalue weighted by atomic mass is 10.4. The topological polar surface area (TPSA) is 148 Å². The van der Waals surface area contributed by atoms with Crippen molar-refractivity contribution in [1.29, 1.82) is 10.5 Å². The van der Waals surface area contributed by atoms with Crippen molar-refractivity contribution < 1.29 is 8.42 Å². The van der Waals surface area contributed by atoms with Crippen LogP contribution in [0.1, 0.15) is 17.8 Å². The number of imidazole rings is 1. The van der Waals surface area contributed by atoms with Gasteiger partial charge in [-0.3, -0.25) is 0 Å². The van der Waals surface area contributed by atoms with Crippen molar-refractivity contribution in [2.45, 2.75) is 6.42 Å². The molecule has 0 fully saturated rings. The molecule has 0 aromatic carbocycles. The molecule has 0 radical (unpaired) electrons. The number of hydrogen-bond donors (Lipinski definition) is 3. The molecule has 0 aliphatic rings. The van der Waals surface area contributed by atoms with E-state index in [-0.39, 0.29) is 23.1 Å². The summed E-state index contributed by atoms with van der Waals surface area (Å²) in [4.78, 5) is 6.40. The molecule has 9 heteroatoms. The highest BCUT2D eigenvalue weighted by Crippen LogP contribution is 2.07. The molecule has 0 saturated heterocycles. The van der Waals surface area contributed by atoms with E-state index in [1.165, 1.54) is 0 Å². The van der Waals surface area contributed by atoms with Crippen LogP contribution >= 0.6 is 0 Å². The number of sulfonamides is 1. The predicted molar refractivity (Wildman–Crippen MR) is 59.1 cm³/mol. The van der Waals surface area contributed by atoms with Gasteiger partial charge >= 0.3 is 0 Å². The molecule has 0 amide bonds. The standard InChI is InChI=1S/C8H10N6O2S/c9-4-6-7(5-10)14-8(13-6)12-2-1-3-17(11,15)16/h1-3H2,(H2,11,15,16)(H2,12,13,14). The average Bonchev–Trinajstić information content (AvgIpc) is 2.65. The molecule has 4 N–H and O–H groups in total. The number of nitrogens with zero attached hydrogens (tertiary/aromatic N) is 3. The van der Waals surface area contributed by atoms with E-state index in [9.17, 15) is 8.42 Å². The predicted octanol–water partition coefficient (Wildman–Crippen LogP) is -0.756. The summed E-state index contributed by atoms with van der Waals surface area (Å²) < 4.78 is 21.3. The van der Waals surface area contributed by atoms with E-state index in [4.69, 9.17) is 15.7 Å². The van der Waals surface area contributed by atoms with Gasteiger partial charge in [0.15, 0.2) is 11.4 Å². The third-order valence-corrected chi connectivity index (χ3v) is 2.68. The first-order valence-electron chi connectivity index (χ1n) is 4.61. The van der Waals surface area contributed by atoms with Crippen LogP contribution in [0.3, 0.4) is 0 Å². The van der Waals surface area contributed by atoms with Crippen LogP contribution in [0.4, 0.5) is 5.95 Å². The van der Waals surface area contributed by atoms with Gasteiger partial charge in [0, 0.05) is 6.54 Å². The molecule has 90 valence electrons. The van der Waals surface area contributed by atoms with Gasteiger partial charge in [-0.25, -0.2) is 18.5 Å². The van der Waals surface area contributed by atoms with Gasteiger partial charge in [0.25, 0.3) is 0 Å². The Labute approximate surface area is 98.1 Å². The monoisotopic (exact) mass is 254 g/mol. The van der Waals surface area contributed by atoms with Gasteiger partial charge in [-0.1, -0.05) is 0 Å². The van der Waals surface area contributed by atoms with Gasteiger partial charge < -0.3 is 10.3 Å². The average molecular weight is 254 g/mol. The van der Waals surface area contributed by atoms with Crippen molar-refractivity contribution in [2.24, 2.45) is 5.14 Å². The molecule has 0 atom stereocenters. The molecule has 0 unspecified atom stereocenters. The fourth-order valence-electron chi connectivity index (χ4n) is 1.10. The maximum Gasteiger partial charge on any atom is 0.209 e. The molecule has 1 aromatic heterocycles. The first-order valence-corrected chi connectivity index (χ1v) is 6.32. The second-order valence-corrected chi connectivity index (χ2v) is 4.91. The minimum absolute atomic E-state index is 0.00134. The highest BCUT2D eigenvalue weighted by atomic mass is 32.2. The Morgan fingerprint density at radius 2 is 2.12 bits per heavy atom. The Morgan fingerprint density at radius 1 is 1.41 bits per heavy atom. The van der Waals surface area contributed by atoms with Crippen molar-refractivity contribution >= 4 is 16.0 Å². The Hall–Kier alpha value is -2.10. The molecule has 0 aliphatic heterocycles. The maximum absolute atomic E-state index is 10.6. The highest BCUT2D eigenvalue weighted by molar-refractivity contribution is 7.89. The van der Waals surface area contributed by atoms with E-state index in [2.05, 4.69) is 15.3 Å². The molecule has 1 rings (SSSR count). The molecule has 1 aromatic rings. The lowest BCUT2D eigenvalue weighted by Crippen LogP contribution is -2.18. The van der Waals surface area contributed by atoms with Gasteiger partial charge in [0.2, 0.25) is 16.0 Å². The Morgan fingerprint density at radius 3 is 2.59 bits per heavy atom. The third kappa shape index (κ3) is 4.10. The molecule has 0 bridgehead atoms. The summed E-state index contributed by atoms with van der Waals surface area (Å²) in [6.45, 7) is 0.319. The van der Waals surface area contributed by atoms with Crippen molar-refractivity contribution in [2.75, 3.05) is 17.6 Å². The maximum atomic E-state index is 10.6. The smallest absolute Gasteiger partial charge is 0.209 e. The first-order chi connectivity index (χ1) is 7.96. The van der Waals surface area contributed by atoms with Crippen LogP contribution in [0, 0.1) is 22.7 Å². The zero-order valence-corrected chi connectivity index (χ0v) is 9.58. The number of nitriles is 2. The number of nitrogens with two attached hydrogens (primary N) is 1. The van der Waals surface area contributed by atoms with Crippen molar-refractivity contribution in [3.63, 3.8) is 0 Å². The summed E-state index contributed by atoms with van der Waals surface area (Å²) in [5.74, 6) is 0.115. The Kier molecular flexibility index (Phi) is 4.04. The van der Waals surface area contributed by atoms with E-state index in [0.717, 1.165) is 0 Å². The van der Waals surface area contributed by atoms with Crippen LogP contribution in [0.15, 0.2) is 0 Å². The second kappa shape index (κ2) is 5.30. The van der Waals surface area contributed by atoms with Gasteiger partial charge in [0.1, 0.15) is 12.1 Å². The highest BCUT2D eigenvalue weighted by Gasteiger charge is 2.08. The van der Waals surface area contributed by atoms with E-state index < -0.39 is 10.0 Å². The zero-order chi connectivity index (χ0) is 12.9. The van der Waals surface area contributed by atoms with Gasteiger partial charge in [0.05, 0.1) is 5.75 Å². The van der Waals surface area contributed by atoms with Crippen LogP contribution in [-0.2, 0) is 10.0 Å². The number of H-pyrrole nitrogens is 1. The fraction of sp³-hybridized carbons (Fsp3) is 0.375. The zero-order valence-electron chi connectivity index (χ0n) is 8.77. The van der Waals surface area contributed by atoms with Gasteiger partial charge in [-0.05, 0) is 6.42 Å². The molecule has 0 spiro atoms.